The van der Waals surface area contributed by atoms with E-state index in [-0.39, 0.29) is 36.2 Å². The summed E-state index contributed by atoms with van der Waals surface area (Å²) in [6, 6.07) is 15.2. The molecule has 1 aliphatic carbocycles. The van der Waals surface area contributed by atoms with Crippen LogP contribution >= 0.6 is 0 Å². The maximum Gasteiger partial charge on any atom is 0.288 e. The number of nitrogens with two attached hydrogens (primary N) is 2. The van der Waals surface area contributed by atoms with Crippen LogP contribution in [0.3, 0.4) is 0 Å². The molecule has 55 heavy (non-hydrogen) atoms. The number of hydrogen-bond acceptors (Lipinski definition) is 9. The summed E-state index contributed by atoms with van der Waals surface area (Å²) in [5, 5.41) is 0. The maximum absolute atomic E-state index is 14.9. The van der Waals surface area contributed by atoms with Crippen molar-refractivity contribution in [1.82, 2.24) is 14.7 Å². The molecule has 2 aromatic carbocycles. The molecule has 1 saturated carbocycles. The normalized spacial score (nSPS) is 25.2. The topological polar surface area (TPSA) is 144 Å². The molecule has 4 aliphatic rings. The number of hydrogen-bond donors (Lipinski definition) is 2. The highest BCUT2D eigenvalue weighted by Gasteiger charge is 2.41. The number of ether oxygens (including phenoxy) is 2. The van der Waals surface area contributed by atoms with Gasteiger partial charge in [-0.1, -0.05) is 62.1 Å². The standard InChI is InChI=1S/C44H64N6O5/c1-31-41(35-11-5-3-6-12-35)55-44(47-31)49-25-26-50(38(30-49)39(51)21-19-33-18-20-37(42(46)52)40(28-33)54-2)43(53)36(27-32-14-16-34(29-45)17-15-32)13-7-10-24-48-22-8-4-9-23-48/h3,5-6,11-12,18,20,28,31-32,34,36,38,41H,4,7-10,13-17,19,21-27,29-30,45H2,1-2H3,(H2,46,52)/t31-,32?,34?,36-,38-,41+/m0/s1. The number of aryl methyl sites for hydroxylation is 1. The first-order valence-corrected chi connectivity index (χ1v) is 21.0. The van der Waals surface area contributed by atoms with Gasteiger partial charge in [-0.15, -0.1) is 0 Å². The molecular weight excluding hydrogens is 693 g/mol. The number of amidine groups is 1. The van der Waals surface area contributed by atoms with Crippen LogP contribution in [-0.4, -0.2) is 103 Å². The second-order valence-electron chi connectivity index (χ2n) is 16.4. The van der Waals surface area contributed by atoms with Crippen molar-refractivity contribution in [1.29, 1.82) is 0 Å². The average molecular weight is 757 g/mol. The average Bonchev–Trinajstić information content (AvgIpc) is 3.62. The highest BCUT2D eigenvalue weighted by molar-refractivity contribution is 5.96. The van der Waals surface area contributed by atoms with Crippen molar-refractivity contribution in [2.45, 2.75) is 109 Å². The molecular formula is C44H64N6O5. The van der Waals surface area contributed by atoms with Crippen molar-refractivity contribution in [3.8, 4) is 5.75 Å². The summed E-state index contributed by atoms with van der Waals surface area (Å²) in [5.41, 5.74) is 13.8. The van der Waals surface area contributed by atoms with Gasteiger partial charge in [0.15, 0.2) is 5.78 Å². The molecule has 0 bridgehead atoms. The third-order valence-corrected chi connectivity index (χ3v) is 12.6. The molecule has 0 aromatic heterocycles. The SMILES string of the molecule is COc1cc(CCC(=O)[C@@H]2CN(C3=N[C@@H](C)[C@H](c4ccccc4)O3)CCN2C(=O)[C@@H](CCCCN2CCCCC2)CC2CCC(CN)CC2)ccc1C(N)=O. The van der Waals surface area contributed by atoms with Gasteiger partial charge >= 0.3 is 0 Å². The number of piperidine rings is 1. The molecule has 3 fully saturated rings. The minimum Gasteiger partial charge on any atom is -0.496 e. The van der Waals surface area contributed by atoms with Crippen molar-refractivity contribution >= 4 is 23.6 Å². The predicted octanol–water partition coefficient (Wildman–Crippen LogP) is 5.75. The first kappa shape index (κ1) is 40.7. The second-order valence-corrected chi connectivity index (χ2v) is 16.4. The van der Waals surface area contributed by atoms with E-state index < -0.39 is 11.9 Å². The van der Waals surface area contributed by atoms with Crippen LogP contribution < -0.4 is 16.2 Å². The van der Waals surface area contributed by atoms with E-state index in [1.807, 2.05) is 29.2 Å². The summed E-state index contributed by atoms with van der Waals surface area (Å²) >= 11 is 0. The Hall–Kier alpha value is -3.96. The Morgan fingerprint density at radius 2 is 1.69 bits per heavy atom. The van der Waals surface area contributed by atoms with Gasteiger partial charge < -0.3 is 35.6 Å². The quantitative estimate of drug-likeness (QED) is 0.206. The van der Waals surface area contributed by atoms with Crippen LogP contribution in [0.5, 0.6) is 5.75 Å². The minimum atomic E-state index is -0.630. The Morgan fingerprint density at radius 3 is 2.40 bits per heavy atom. The van der Waals surface area contributed by atoms with Crippen molar-refractivity contribution in [3.63, 3.8) is 0 Å². The molecule has 2 aromatic rings. The zero-order chi connectivity index (χ0) is 38.7. The van der Waals surface area contributed by atoms with E-state index in [2.05, 4.69) is 28.9 Å². The number of ketones is 1. The van der Waals surface area contributed by atoms with E-state index in [1.165, 1.54) is 39.5 Å². The van der Waals surface area contributed by atoms with Crippen LogP contribution in [0.2, 0.25) is 0 Å². The Labute approximate surface area is 328 Å². The van der Waals surface area contributed by atoms with Crippen molar-refractivity contribution in [2.24, 2.45) is 34.2 Å². The fraction of sp³-hybridized carbons (Fsp3) is 0.636. The van der Waals surface area contributed by atoms with Crippen LogP contribution in [0.4, 0.5) is 0 Å². The zero-order valence-corrected chi connectivity index (χ0v) is 33.2. The first-order valence-electron chi connectivity index (χ1n) is 21.0. The van der Waals surface area contributed by atoms with Crippen molar-refractivity contribution in [2.75, 3.05) is 52.9 Å². The van der Waals surface area contributed by atoms with Crippen molar-refractivity contribution < 1.29 is 23.9 Å². The molecule has 11 heteroatoms. The number of primary amides is 1. The van der Waals surface area contributed by atoms with Crippen LogP contribution in [0, 0.1) is 17.8 Å². The van der Waals surface area contributed by atoms with Gasteiger partial charge in [-0.2, -0.15) is 0 Å². The number of carbonyl (C=O) groups excluding carboxylic acids is 3. The molecule has 4 atom stereocenters. The van der Waals surface area contributed by atoms with E-state index in [1.54, 1.807) is 12.1 Å². The van der Waals surface area contributed by atoms with E-state index in [0.717, 1.165) is 75.6 Å². The zero-order valence-electron chi connectivity index (χ0n) is 33.2. The van der Waals surface area contributed by atoms with Crippen LogP contribution in [0.25, 0.3) is 0 Å². The van der Waals surface area contributed by atoms with E-state index >= 15 is 0 Å². The van der Waals surface area contributed by atoms with E-state index in [9.17, 15) is 14.4 Å². The summed E-state index contributed by atoms with van der Waals surface area (Å²) in [7, 11) is 1.50. The highest BCUT2D eigenvalue weighted by Crippen LogP contribution is 2.36. The lowest BCUT2D eigenvalue weighted by atomic mass is 9.77. The number of amides is 2. The Bertz CT molecular complexity index is 1600. The molecule has 2 amide bonds. The smallest absolute Gasteiger partial charge is 0.288 e. The van der Waals surface area contributed by atoms with Crippen LogP contribution in [0.15, 0.2) is 53.5 Å². The van der Waals surface area contributed by atoms with Gasteiger partial charge in [-0.3, -0.25) is 14.4 Å². The molecule has 0 spiro atoms. The molecule has 3 aliphatic heterocycles. The number of piperazine rings is 1. The first-order chi connectivity index (χ1) is 26.7. The minimum absolute atomic E-state index is 0.00884. The number of nitrogens with zero attached hydrogens (tertiary/aromatic N) is 4. The molecule has 0 radical (unpaired) electrons. The van der Waals surface area contributed by atoms with Crippen molar-refractivity contribution in [3.05, 3.63) is 65.2 Å². The third kappa shape index (κ3) is 10.7. The number of rotatable bonds is 16. The third-order valence-electron chi connectivity index (χ3n) is 12.6. The number of Topliss-reactive ketones (excluding diaryl/α,β-unsaturated/α-hetero) is 1. The summed E-state index contributed by atoms with van der Waals surface area (Å²) in [4.78, 5) is 52.7. The highest BCUT2D eigenvalue weighted by atomic mass is 16.5. The number of likely N-dealkylation sites (tertiary alicyclic amines) is 1. The second kappa shape index (κ2) is 19.8. The fourth-order valence-corrected chi connectivity index (χ4v) is 9.25. The van der Waals surface area contributed by atoms with Gasteiger partial charge in [-0.25, -0.2) is 4.99 Å². The summed E-state index contributed by atoms with van der Waals surface area (Å²) in [6.45, 7) is 7.59. The summed E-state index contributed by atoms with van der Waals surface area (Å²) in [6.07, 6.45) is 12.7. The Balaban J connectivity index is 1.19. The number of benzene rings is 2. The lowest BCUT2D eigenvalue weighted by molar-refractivity contribution is -0.146. The molecule has 300 valence electrons. The van der Waals surface area contributed by atoms with E-state index in [4.69, 9.17) is 25.9 Å². The number of unbranched alkanes of at least 4 members (excludes halogenated alkanes) is 1. The molecule has 0 unspecified atom stereocenters. The molecule has 2 saturated heterocycles. The number of aliphatic imine (C=N–C) groups is 1. The predicted molar refractivity (Wildman–Crippen MR) is 216 cm³/mol. The monoisotopic (exact) mass is 756 g/mol. The number of carbonyl (C=O) groups is 3. The van der Waals surface area contributed by atoms with E-state index in [0.29, 0.717) is 55.2 Å². The largest absolute Gasteiger partial charge is 0.496 e. The van der Waals surface area contributed by atoms with Crippen LogP contribution in [-0.2, 0) is 20.7 Å². The van der Waals surface area contributed by atoms with Gasteiger partial charge in [-0.05, 0) is 120 Å². The van der Waals surface area contributed by atoms with Gasteiger partial charge in [0.2, 0.25) is 5.91 Å². The molecule has 3 heterocycles. The summed E-state index contributed by atoms with van der Waals surface area (Å²) < 4.78 is 11.9. The fourth-order valence-electron chi connectivity index (χ4n) is 9.25. The lowest BCUT2D eigenvalue weighted by Crippen LogP contribution is -2.60. The number of methoxy groups -OCH3 is 1. The van der Waals surface area contributed by atoms with Gasteiger partial charge in [0.05, 0.1) is 18.7 Å². The molecule has 11 nitrogen and oxygen atoms in total. The maximum atomic E-state index is 14.9. The Kier molecular flexibility index (Phi) is 14.6. The van der Waals surface area contributed by atoms with Gasteiger partial charge in [0.1, 0.15) is 17.9 Å². The lowest BCUT2D eigenvalue weighted by Gasteiger charge is -2.43. The Morgan fingerprint density at radius 1 is 0.945 bits per heavy atom. The molecule has 6 rings (SSSR count). The van der Waals surface area contributed by atoms with Gasteiger partial charge in [0, 0.05) is 32.0 Å². The van der Waals surface area contributed by atoms with Crippen LogP contribution in [0.1, 0.15) is 112 Å². The van der Waals surface area contributed by atoms with Gasteiger partial charge in [0.25, 0.3) is 11.9 Å². The summed E-state index contributed by atoms with van der Waals surface area (Å²) in [5.74, 6) is 0.928. The molecule has 4 N–H and O–H groups in total.